The van der Waals surface area contributed by atoms with E-state index < -0.39 is 17.7 Å². The third-order valence-corrected chi connectivity index (χ3v) is 5.51. The van der Waals surface area contributed by atoms with Gasteiger partial charge >= 0.3 is 5.91 Å². The van der Waals surface area contributed by atoms with Crippen molar-refractivity contribution in [2.45, 2.75) is 19.9 Å². The number of ketones is 1. The summed E-state index contributed by atoms with van der Waals surface area (Å²) in [5, 5.41) is 13.3. The van der Waals surface area contributed by atoms with E-state index in [1.54, 1.807) is 36.1 Å². The Morgan fingerprint density at radius 3 is 2.54 bits per heavy atom. The van der Waals surface area contributed by atoms with E-state index >= 15 is 0 Å². The molecule has 4 rings (SSSR count). The van der Waals surface area contributed by atoms with Crippen molar-refractivity contribution in [2.75, 3.05) is 4.90 Å². The first kappa shape index (κ1) is 18.1. The molecule has 1 fully saturated rings. The van der Waals surface area contributed by atoms with Crippen LogP contribution in [0.5, 0.6) is 0 Å². The second-order valence-corrected chi connectivity index (χ2v) is 7.46. The number of nitrogens with zero attached hydrogens (tertiary/aromatic N) is 3. The molecule has 3 heterocycles. The number of aryl methyl sites for hydroxylation is 2. The predicted octanol–water partition coefficient (Wildman–Crippen LogP) is 3.78. The van der Waals surface area contributed by atoms with E-state index in [0.717, 1.165) is 11.1 Å². The van der Waals surface area contributed by atoms with Crippen LogP contribution in [-0.2, 0) is 9.59 Å². The fourth-order valence-electron chi connectivity index (χ4n) is 3.36. The SMILES string of the molecule is Cc1ccc(C)c(/C(O)=C2\C(=O)C(=O)N(c3nccs3)C2c2ccncc2)c1. The highest BCUT2D eigenvalue weighted by Crippen LogP contribution is 2.42. The van der Waals surface area contributed by atoms with Gasteiger partial charge in [-0.25, -0.2) is 4.98 Å². The summed E-state index contributed by atoms with van der Waals surface area (Å²) in [6.45, 7) is 3.76. The minimum atomic E-state index is -0.769. The molecule has 28 heavy (non-hydrogen) atoms. The van der Waals surface area contributed by atoms with Gasteiger partial charge in [-0.15, -0.1) is 11.3 Å². The summed E-state index contributed by atoms with van der Waals surface area (Å²) in [6.07, 6.45) is 4.76. The second kappa shape index (κ2) is 7.01. The number of carbonyl (C=O) groups excluding carboxylic acids is 2. The Hall–Kier alpha value is -3.32. The van der Waals surface area contributed by atoms with Crippen molar-refractivity contribution in [3.8, 4) is 0 Å². The van der Waals surface area contributed by atoms with Crippen LogP contribution in [0.2, 0.25) is 0 Å². The molecule has 1 N–H and O–H groups in total. The molecule has 3 aromatic rings. The summed E-state index contributed by atoms with van der Waals surface area (Å²) >= 11 is 1.26. The molecule has 1 amide bonds. The van der Waals surface area contributed by atoms with Crippen LogP contribution in [0.1, 0.15) is 28.3 Å². The largest absolute Gasteiger partial charge is 0.507 e. The molecule has 1 aliphatic rings. The molecule has 0 bridgehead atoms. The molecule has 0 aliphatic carbocycles. The predicted molar refractivity (Wildman–Crippen MR) is 107 cm³/mol. The number of aromatic nitrogens is 2. The number of thiazole rings is 1. The number of aliphatic hydroxyl groups excluding tert-OH is 1. The molecule has 1 aromatic carbocycles. The number of hydrogen-bond donors (Lipinski definition) is 1. The van der Waals surface area contributed by atoms with Crippen LogP contribution in [0.25, 0.3) is 5.76 Å². The number of pyridine rings is 1. The van der Waals surface area contributed by atoms with Gasteiger partial charge in [-0.3, -0.25) is 19.5 Å². The van der Waals surface area contributed by atoms with Crippen LogP contribution in [-0.4, -0.2) is 26.8 Å². The molecule has 0 spiro atoms. The maximum atomic E-state index is 13.0. The van der Waals surface area contributed by atoms with Gasteiger partial charge in [-0.05, 0) is 43.2 Å². The lowest BCUT2D eigenvalue weighted by molar-refractivity contribution is -0.132. The van der Waals surface area contributed by atoms with Crippen molar-refractivity contribution < 1.29 is 14.7 Å². The van der Waals surface area contributed by atoms with Crippen LogP contribution >= 0.6 is 11.3 Å². The van der Waals surface area contributed by atoms with Gasteiger partial charge in [0.15, 0.2) is 5.13 Å². The molecule has 1 atom stereocenters. The fourth-order valence-corrected chi connectivity index (χ4v) is 4.03. The minimum Gasteiger partial charge on any atom is -0.507 e. The zero-order valence-corrected chi connectivity index (χ0v) is 16.1. The lowest BCUT2D eigenvalue weighted by atomic mass is 9.94. The second-order valence-electron chi connectivity index (χ2n) is 6.58. The first-order chi connectivity index (χ1) is 13.5. The highest BCUT2D eigenvalue weighted by Gasteiger charge is 2.48. The van der Waals surface area contributed by atoms with Crippen LogP contribution in [0, 0.1) is 13.8 Å². The molecule has 7 heteroatoms. The van der Waals surface area contributed by atoms with E-state index in [1.165, 1.54) is 16.2 Å². The molecule has 1 saturated heterocycles. The Bertz CT molecular complexity index is 1090. The van der Waals surface area contributed by atoms with Crippen molar-refractivity contribution in [1.29, 1.82) is 0 Å². The van der Waals surface area contributed by atoms with Gasteiger partial charge in [0.2, 0.25) is 0 Å². The van der Waals surface area contributed by atoms with E-state index in [4.69, 9.17) is 0 Å². The molecule has 1 unspecified atom stereocenters. The van der Waals surface area contributed by atoms with Crippen molar-refractivity contribution >= 4 is 33.9 Å². The van der Waals surface area contributed by atoms with Crippen molar-refractivity contribution in [2.24, 2.45) is 0 Å². The molecular weight excluding hydrogens is 374 g/mol. The summed E-state index contributed by atoms with van der Waals surface area (Å²) in [4.78, 5) is 35.4. The summed E-state index contributed by atoms with van der Waals surface area (Å²) in [5.41, 5.74) is 3.03. The summed E-state index contributed by atoms with van der Waals surface area (Å²) in [6, 6.07) is 8.31. The molecule has 0 saturated carbocycles. The van der Waals surface area contributed by atoms with E-state index in [0.29, 0.717) is 16.3 Å². The number of carbonyl (C=O) groups is 2. The molecule has 0 radical (unpaired) electrons. The number of anilines is 1. The van der Waals surface area contributed by atoms with Gasteiger partial charge < -0.3 is 5.11 Å². The Kier molecular flexibility index (Phi) is 4.52. The summed E-state index contributed by atoms with van der Waals surface area (Å²) in [5.74, 6) is -1.61. The van der Waals surface area contributed by atoms with E-state index in [9.17, 15) is 14.7 Å². The normalized spacial score (nSPS) is 18.6. The average Bonchev–Trinajstić information content (AvgIpc) is 3.31. The van der Waals surface area contributed by atoms with Crippen LogP contribution < -0.4 is 4.90 Å². The van der Waals surface area contributed by atoms with Gasteiger partial charge in [0.25, 0.3) is 5.78 Å². The highest BCUT2D eigenvalue weighted by atomic mass is 32.1. The topological polar surface area (TPSA) is 83.4 Å². The Morgan fingerprint density at radius 1 is 1.11 bits per heavy atom. The first-order valence-corrected chi connectivity index (χ1v) is 9.55. The van der Waals surface area contributed by atoms with Gasteiger partial charge in [-0.2, -0.15) is 0 Å². The van der Waals surface area contributed by atoms with E-state index in [-0.39, 0.29) is 11.3 Å². The van der Waals surface area contributed by atoms with Crippen LogP contribution in [0.15, 0.2) is 59.9 Å². The smallest absolute Gasteiger partial charge is 0.301 e. The van der Waals surface area contributed by atoms with Gasteiger partial charge in [0.1, 0.15) is 5.76 Å². The summed E-state index contributed by atoms with van der Waals surface area (Å²) in [7, 11) is 0. The molecular formula is C21H17N3O3S. The maximum Gasteiger partial charge on any atom is 0.301 e. The van der Waals surface area contributed by atoms with Gasteiger partial charge in [0, 0.05) is 29.5 Å². The first-order valence-electron chi connectivity index (χ1n) is 8.67. The zero-order valence-electron chi connectivity index (χ0n) is 15.3. The number of aliphatic hydroxyl groups is 1. The van der Waals surface area contributed by atoms with E-state index in [1.807, 2.05) is 32.0 Å². The third-order valence-electron chi connectivity index (χ3n) is 4.74. The number of amides is 1. The molecule has 2 aromatic heterocycles. The quantitative estimate of drug-likeness (QED) is 0.417. The molecule has 1 aliphatic heterocycles. The van der Waals surface area contributed by atoms with Gasteiger partial charge in [-0.1, -0.05) is 17.7 Å². The number of Topliss-reactive ketones (excluding diaryl/α,β-unsaturated/α-hetero) is 1. The van der Waals surface area contributed by atoms with Crippen molar-refractivity contribution in [3.63, 3.8) is 0 Å². The molecule has 6 nitrogen and oxygen atoms in total. The zero-order chi connectivity index (χ0) is 19.8. The number of benzene rings is 1. The number of rotatable bonds is 3. The Morgan fingerprint density at radius 2 is 1.86 bits per heavy atom. The van der Waals surface area contributed by atoms with Crippen molar-refractivity contribution in [3.05, 3.63) is 82.1 Å². The monoisotopic (exact) mass is 391 g/mol. The Balaban J connectivity index is 1.97. The standard InChI is InChI=1S/C21H17N3O3S/c1-12-3-4-13(2)15(11-12)18(25)16-17(14-5-7-22-8-6-14)24(20(27)19(16)26)21-23-9-10-28-21/h3-11,17,25H,1-2H3/b18-16+. The minimum absolute atomic E-state index is 0.0556. The average molecular weight is 391 g/mol. The van der Waals surface area contributed by atoms with Crippen LogP contribution in [0.4, 0.5) is 5.13 Å². The number of hydrogen-bond acceptors (Lipinski definition) is 6. The highest BCUT2D eigenvalue weighted by molar-refractivity contribution is 7.14. The summed E-state index contributed by atoms with van der Waals surface area (Å²) < 4.78 is 0. The lowest BCUT2D eigenvalue weighted by Gasteiger charge is -2.23. The maximum absolute atomic E-state index is 13.0. The van der Waals surface area contributed by atoms with Gasteiger partial charge in [0.05, 0.1) is 11.6 Å². The van der Waals surface area contributed by atoms with Crippen LogP contribution in [0.3, 0.4) is 0 Å². The third kappa shape index (κ3) is 2.90. The fraction of sp³-hybridized carbons (Fsp3) is 0.143. The lowest BCUT2D eigenvalue weighted by Crippen LogP contribution is -2.29. The Labute approximate surface area is 165 Å². The van der Waals surface area contributed by atoms with Crippen molar-refractivity contribution in [1.82, 2.24) is 9.97 Å². The molecule has 140 valence electrons. The van der Waals surface area contributed by atoms with E-state index in [2.05, 4.69) is 9.97 Å².